The van der Waals surface area contributed by atoms with Crippen LogP contribution in [-0.4, -0.2) is 44.1 Å². The molecule has 0 aliphatic carbocycles. The van der Waals surface area contributed by atoms with Gasteiger partial charge in [0, 0.05) is 31.1 Å². The van der Waals surface area contributed by atoms with Crippen LogP contribution >= 0.6 is 0 Å². The Labute approximate surface area is 147 Å². The molecule has 25 heavy (non-hydrogen) atoms. The number of benzene rings is 1. The fourth-order valence-electron chi connectivity index (χ4n) is 3.48. The van der Waals surface area contributed by atoms with E-state index in [2.05, 4.69) is 35.1 Å². The number of carbonyl (C=O) groups excluding carboxylic acids is 1. The highest BCUT2D eigenvalue weighted by atomic mass is 16.5. The first-order valence-corrected chi connectivity index (χ1v) is 8.55. The SMILES string of the molecule is CN=C(NCc1oc2ccccc2c1C)N1CC(C)C(C(=O)OC)C1. The summed E-state index contributed by atoms with van der Waals surface area (Å²) in [4.78, 5) is 18.3. The number of hydrogen-bond donors (Lipinski definition) is 1. The zero-order chi connectivity index (χ0) is 18.0. The van der Waals surface area contributed by atoms with E-state index in [1.165, 1.54) is 7.11 Å². The Balaban J connectivity index is 1.69. The van der Waals surface area contributed by atoms with Crippen molar-refractivity contribution in [1.82, 2.24) is 10.2 Å². The van der Waals surface area contributed by atoms with Gasteiger partial charge in [0.05, 0.1) is 19.6 Å². The molecule has 6 heteroatoms. The molecular formula is C19H25N3O3. The van der Waals surface area contributed by atoms with E-state index in [1.54, 1.807) is 7.05 Å². The van der Waals surface area contributed by atoms with Crippen molar-refractivity contribution in [3.63, 3.8) is 0 Å². The molecule has 2 unspecified atom stereocenters. The molecule has 1 saturated heterocycles. The summed E-state index contributed by atoms with van der Waals surface area (Å²) < 4.78 is 10.8. The molecule has 1 N–H and O–H groups in total. The molecule has 1 aliphatic heterocycles. The Morgan fingerprint density at radius 3 is 2.84 bits per heavy atom. The average molecular weight is 343 g/mol. The molecular weight excluding hydrogens is 318 g/mol. The van der Waals surface area contributed by atoms with E-state index in [4.69, 9.17) is 9.15 Å². The molecule has 0 amide bonds. The van der Waals surface area contributed by atoms with E-state index in [0.29, 0.717) is 13.1 Å². The number of likely N-dealkylation sites (tertiary alicyclic amines) is 1. The van der Waals surface area contributed by atoms with Gasteiger partial charge in [-0.25, -0.2) is 0 Å². The number of guanidine groups is 1. The average Bonchev–Trinajstić information content (AvgIpc) is 3.16. The number of nitrogens with one attached hydrogen (secondary N) is 1. The molecule has 0 bridgehead atoms. The lowest BCUT2D eigenvalue weighted by Gasteiger charge is -2.21. The number of fused-ring (bicyclic) bond motifs is 1. The molecule has 2 atom stereocenters. The molecule has 1 aliphatic rings. The maximum Gasteiger partial charge on any atom is 0.310 e. The van der Waals surface area contributed by atoms with Crippen molar-refractivity contribution >= 4 is 22.9 Å². The lowest BCUT2D eigenvalue weighted by molar-refractivity contribution is -0.145. The quantitative estimate of drug-likeness (QED) is 0.527. The van der Waals surface area contributed by atoms with Crippen LogP contribution in [0.25, 0.3) is 11.0 Å². The van der Waals surface area contributed by atoms with Gasteiger partial charge in [-0.2, -0.15) is 0 Å². The molecule has 6 nitrogen and oxygen atoms in total. The van der Waals surface area contributed by atoms with E-state index in [1.807, 2.05) is 18.2 Å². The molecule has 2 heterocycles. The fraction of sp³-hybridized carbons (Fsp3) is 0.474. The summed E-state index contributed by atoms with van der Waals surface area (Å²) in [5.41, 5.74) is 2.04. The Bertz CT molecular complexity index is 796. The largest absolute Gasteiger partial charge is 0.469 e. The van der Waals surface area contributed by atoms with Crippen LogP contribution in [0.3, 0.4) is 0 Å². The molecule has 0 spiro atoms. The summed E-state index contributed by atoms with van der Waals surface area (Å²) in [5.74, 6) is 1.64. The standard InChI is InChI=1S/C19H25N3O3/c1-12-10-22(11-15(12)18(23)24-4)19(20-3)21-9-17-13(2)14-7-5-6-8-16(14)25-17/h5-8,12,15H,9-11H2,1-4H3,(H,20,21). The molecule has 1 aromatic carbocycles. The summed E-state index contributed by atoms with van der Waals surface area (Å²) in [5, 5.41) is 4.49. The molecule has 2 aromatic rings. The van der Waals surface area contributed by atoms with Crippen molar-refractivity contribution in [2.75, 3.05) is 27.2 Å². The minimum absolute atomic E-state index is 0.114. The van der Waals surface area contributed by atoms with Gasteiger partial charge in [0.2, 0.25) is 0 Å². The first-order valence-electron chi connectivity index (χ1n) is 8.55. The van der Waals surface area contributed by atoms with E-state index < -0.39 is 0 Å². The second-order valence-electron chi connectivity index (χ2n) is 6.56. The van der Waals surface area contributed by atoms with Crippen LogP contribution in [0.1, 0.15) is 18.2 Å². The number of carbonyl (C=O) groups is 1. The van der Waals surface area contributed by atoms with Crippen LogP contribution in [0, 0.1) is 18.8 Å². The molecule has 3 rings (SSSR count). The minimum Gasteiger partial charge on any atom is -0.469 e. The van der Waals surface area contributed by atoms with Gasteiger partial charge in [-0.15, -0.1) is 0 Å². The normalized spacial score (nSPS) is 21.0. The van der Waals surface area contributed by atoms with Crippen molar-refractivity contribution in [3.05, 3.63) is 35.6 Å². The monoisotopic (exact) mass is 343 g/mol. The van der Waals surface area contributed by atoms with Crippen LogP contribution in [0.5, 0.6) is 0 Å². The van der Waals surface area contributed by atoms with Gasteiger partial charge in [-0.3, -0.25) is 9.79 Å². The predicted molar refractivity (Wildman–Crippen MR) is 97.4 cm³/mol. The van der Waals surface area contributed by atoms with Crippen LogP contribution in [0.4, 0.5) is 0 Å². The van der Waals surface area contributed by atoms with Crippen molar-refractivity contribution in [2.45, 2.75) is 20.4 Å². The third-order valence-corrected chi connectivity index (χ3v) is 4.98. The number of hydrogen-bond acceptors (Lipinski definition) is 4. The number of nitrogens with zero attached hydrogens (tertiary/aromatic N) is 2. The summed E-state index contributed by atoms with van der Waals surface area (Å²) in [6.07, 6.45) is 0. The third-order valence-electron chi connectivity index (χ3n) is 4.98. The van der Waals surface area contributed by atoms with Crippen LogP contribution in [0.15, 0.2) is 33.7 Å². The lowest BCUT2D eigenvalue weighted by Crippen LogP contribution is -2.40. The van der Waals surface area contributed by atoms with E-state index in [-0.39, 0.29) is 17.8 Å². The molecule has 134 valence electrons. The van der Waals surface area contributed by atoms with Gasteiger partial charge in [0.25, 0.3) is 0 Å². The van der Waals surface area contributed by atoms with Gasteiger partial charge in [-0.05, 0) is 18.9 Å². The number of ether oxygens (including phenoxy) is 1. The summed E-state index contributed by atoms with van der Waals surface area (Å²) >= 11 is 0. The van der Waals surface area contributed by atoms with Gasteiger partial charge in [-0.1, -0.05) is 25.1 Å². The van der Waals surface area contributed by atoms with Crippen molar-refractivity contribution in [2.24, 2.45) is 16.8 Å². The number of furan rings is 1. The summed E-state index contributed by atoms with van der Waals surface area (Å²) in [6.45, 7) is 6.08. The smallest absolute Gasteiger partial charge is 0.310 e. The first kappa shape index (κ1) is 17.3. The van der Waals surface area contributed by atoms with Gasteiger partial charge < -0.3 is 19.4 Å². The van der Waals surface area contributed by atoms with E-state index in [9.17, 15) is 4.79 Å². The highest BCUT2D eigenvalue weighted by molar-refractivity contribution is 5.83. The molecule has 1 aromatic heterocycles. The zero-order valence-corrected chi connectivity index (χ0v) is 15.2. The van der Waals surface area contributed by atoms with Crippen molar-refractivity contribution in [1.29, 1.82) is 0 Å². The number of methoxy groups -OCH3 is 1. The summed E-state index contributed by atoms with van der Waals surface area (Å²) in [7, 11) is 3.19. The number of aryl methyl sites for hydroxylation is 1. The van der Waals surface area contributed by atoms with Gasteiger partial charge in [0.1, 0.15) is 11.3 Å². The Hall–Kier alpha value is -2.50. The van der Waals surface area contributed by atoms with Crippen LogP contribution < -0.4 is 5.32 Å². The maximum absolute atomic E-state index is 11.9. The van der Waals surface area contributed by atoms with Crippen LogP contribution in [-0.2, 0) is 16.1 Å². The van der Waals surface area contributed by atoms with Crippen LogP contribution in [0.2, 0.25) is 0 Å². The molecule has 1 fully saturated rings. The van der Waals surface area contributed by atoms with Gasteiger partial charge in [0.15, 0.2) is 5.96 Å². The molecule has 0 radical (unpaired) electrons. The highest BCUT2D eigenvalue weighted by Crippen LogP contribution is 2.26. The lowest BCUT2D eigenvalue weighted by atomic mass is 9.99. The van der Waals surface area contributed by atoms with Crippen molar-refractivity contribution in [3.8, 4) is 0 Å². The summed E-state index contributed by atoms with van der Waals surface area (Å²) in [6, 6.07) is 8.03. The number of para-hydroxylation sites is 1. The second kappa shape index (κ2) is 7.17. The zero-order valence-electron chi connectivity index (χ0n) is 15.2. The fourth-order valence-corrected chi connectivity index (χ4v) is 3.48. The third kappa shape index (κ3) is 3.34. The Morgan fingerprint density at radius 2 is 2.16 bits per heavy atom. The predicted octanol–water partition coefficient (Wildman–Crippen LogP) is 2.56. The van der Waals surface area contributed by atoms with Crippen molar-refractivity contribution < 1.29 is 13.9 Å². The van der Waals surface area contributed by atoms with E-state index >= 15 is 0 Å². The van der Waals surface area contributed by atoms with Gasteiger partial charge >= 0.3 is 5.97 Å². The van der Waals surface area contributed by atoms with E-state index in [0.717, 1.165) is 34.8 Å². The minimum atomic E-state index is -0.154. The maximum atomic E-state index is 11.9. The number of rotatable bonds is 3. The Morgan fingerprint density at radius 1 is 1.40 bits per heavy atom. The first-order chi connectivity index (χ1) is 12.0. The Kier molecular flexibility index (Phi) is 4.97. The topological polar surface area (TPSA) is 67.1 Å². The molecule has 0 saturated carbocycles. The number of aliphatic imine (C=N–C) groups is 1. The second-order valence-corrected chi connectivity index (χ2v) is 6.56. The number of esters is 1. The highest BCUT2D eigenvalue weighted by Gasteiger charge is 2.36.